The maximum atomic E-state index is 11.5. The zero-order valence-electron chi connectivity index (χ0n) is 8.64. The molecule has 1 fully saturated rings. The molecule has 1 amide bonds. The van der Waals surface area contributed by atoms with Crippen LogP contribution in [-0.2, 0) is 4.57 Å². The maximum absolute atomic E-state index is 11.5. The molecule has 1 heterocycles. The first-order valence-corrected chi connectivity index (χ1v) is 7.41. The van der Waals surface area contributed by atoms with Gasteiger partial charge in [0.25, 0.3) is 0 Å². The van der Waals surface area contributed by atoms with E-state index in [0.29, 0.717) is 32.5 Å². The topological polar surface area (TPSA) is 60.9 Å². The summed E-state index contributed by atoms with van der Waals surface area (Å²) in [6.45, 7) is 5.95. The van der Waals surface area contributed by atoms with Crippen molar-refractivity contribution in [3.8, 4) is 0 Å². The Balaban J connectivity index is 2.36. The zero-order chi connectivity index (χ0) is 10.8. The van der Waals surface area contributed by atoms with Gasteiger partial charge in [0.2, 0.25) is 0 Å². The summed E-state index contributed by atoms with van der Waals surface area (Å²) in [7, 11) is -2.02. The lowest BCUT2D eigenvalue weighted by Gasteiger charge is -2.33. The van der Waals surface area contributed by atoms with Crippen molar-refractivity contribution in [2.24, 2.45) is 0 Å². The first-order valence-electron chi connectivity index (χ1n) is 4.63. The summed E-state index contributed by atoms with van der Waals surface area (Å²) < 4.78 is 11.5. The van der Waals surface area contributed by atoms with Gasteiger partial charge < -0.3 is 14.6 Å². The Labute approximate surface area is 84.1 Å². The number of nitrogens with zero attached hydrogens (tertiary/aromatic N) is 2. The molecular weight excluding hydrogens is 203 g/mol. The molecule has 0 spiro atoms. The van der Waals surface area contributed by atoms with Crippen molar-refractivity contribution in [2.45, 2.75) is 0 Å². The van der Waals surface area contributed by atoms with Crippen LogP contribution in [0.3, 0.4) is 0 Å². The number of hydrogen-bond donors (Lipinski definition) is 1. The Morgan fingerprint density at radius 3 is 2.14 bits per heavy atom. The molecule has 5 nitrogen and oxygen atoms in total. The summed E-state index contributed by atoms with van der Waals surface area (Å²) in [6, 6.07) is 0. The van der Waals surface area contributed by atoms with Gasteiger partial charge in [0.15, 0.2) is 0 Å². The van der Waals surface area contributed by atoms with Gasteiger partial charge in [-0.15, -0.1) is 0 Å². The van der Waals surface area contributed by atoms with Crippen LogP contribution < -0.4 is 0 Å². The Hall–Kier alpha value is -0.540. The highest BCUT2D eigenvalue weighted by Gasteiger charge is 2.22. The van der Waals surface area contributed by atoms with E-state index in [2.05, 4.69) is 4.90 Å². The summed E-state index contributed by atoms with van der Waals surface area (Å²) in [5.41, 5.74) is 0. The van der Waals surface area contributed by atoms with Gasteiger partial charge in [-0.05, 0) is 13.3 Å². The van der Waals surface area contributed by atoms with Crippen molar-refractivity contribution in [1.29, 1.82) is 0 Å². The van der Waals surface area contributed by atoms with Crippen LogP contribution in [-0.4, -0.2) is 66.8 Å². The van der Waals surface area contributed by atoms with E-state index in [1.165, 1.54) is 4.90 Å². The van der Waals surface area contributed by atoms with Crippen LogP contribution in [0.25, 0.3) is 0 Å². The predicted molar refractivity (Wildman–Crippen MR) is 55.5 cm³/mol. The minimum Gasteiger partial charge on any atom is -0.465 e. The lowest BCUT2D eigenvalue weighted by Crippen LogP contribution is -2.48. The number of piperazine rings is 1. The largest absolute Gasteiger partial charge is 0.465 e. The smallest absolute Gasteiger partial charge is 0.407 e. The molecule has 1 saturated heterocycles. The molecule has 6 heteroatoms. The highest BCUT2D eigenvalue weighted by molar-refractivity contribution is 7.62. The van der Waals surface area contributed by atoms with Crippen molar-refractivity contribution in [3.05, 3.63) is 0 Å². The van der Waals surface area contributed by atoms with Crippen LogP contribution in [0, 0.1) is 0 Å². The quantitative estimate of drug-likeness (QED) is 0.701. The normalized spacial score (nSPS) is 19.7. The summed E-state index contributed by atoms with van der Waals surface area (Å²) >= 11 is 0. The minimum absolute atomic E-state index is 0.523. The van der Waals surface area contributed by atoms with E-state index in [9.17, 15) is 9.36 Å². The first kappa shape index (κ1) is 11.5. The molecular formula is C8H17N2O3P. The fourth-order valence-electron chi connectivity index (χ4n) is 1.56. The molecule has 0 aromatic carbocycles. The standard InChI is InChI=1S/C8H17N2O3P/c1-14(2,13)7-9-3-5-10(6-4-9)8(11)12/h3-7H2,1-2H3,(H,11,12). The Morgan fingerprint density at radius 1 is 1.29 bits per heavy atom. The van der Waals surface area contributed by atoms with Crippen molar-refractivity contribution in [2.75, 3.05) is 45.8 Å². The van der Waals surface area contributed by atoms with E-state index in [0.717, 1.165) is 0 Å². The summed E-state index contributed by atoms with van der Waals surface area (Å²) in [5, 5.41) is 8.71. The van der Waals surface area contributed by atoms with Gasteiger partial charge in [-0.2, -0.15) is 0 Å². The van der Waals surface area contributed by atoms with E-state index in [-0.39, 0.29) is 0 Å². The highest BCUT2D eigenvalue weighted by atomic mass is 31.2. The molecule has 0 aromatic rings. The van der Waals surface area contributed by atoms with Crippen LogP contribution in [0.1, 0.15) is 0 Å². The van der Waals surface area contributed by atoms with Crippen LogP contribution in [0.2, 0.25) is 0 Å². The third-order valence-corrected chi connectivity index (χ3v) is 3.26. The van der Waals surface area contributed by atoms with E-state index < -0.39 is 13.2 Å². The average Bonchev–Trinajstić information content (AvgIpc) is 2.02. The zero-order valence-corrected chi connectivity index (χ0v) is 9.54. The van der Waals surface area contributed by atoms with Crippen LogP contribution in [0.5, 0.6) is 0 Å². The van der Waals surface area contributed by atoms with E-state index in [1.807, 2.05) is 0 Å². The van der Waals surface area contributed by atoms with Crippen molar-refractivity contribution in [3.63, 3.8) is 0 Å². The molecule has 0 unspecified atom stereocenters. The van der Waals surface area contributed by atoms with E-state index in [1.54, 1.807) is 13.3 Å². The molecule has 1 aliphatic heterocycles. The van der Waals surface area contributed by atoms with Crippen molar-refractivity contribution < 1.29 is 14.5 Å². The Bertz CT molecular complexity index is 255. The van der Waals surface area contributed by atoms with Gasteiger partial charge in [0.05, 0.1) is 13.4 Å². The van der Waals surface area contributed by atoms with Crippen LogP contribution in [0.4, 0.5) is 4.79 Å². The molecule has 1 rings (SSSR count). The number of hydrogen-bond acceptors (Lipinski definition) is 3. The molecule has 0 bridgehead atoms. The molecule has 0 saturated carbocycles. The van der Waals surface area contributed by atoms with Gasteiger partial charge >= 0.3 is 6.09 Å². The third-order valence-electron chi connectivity index (χ3n) is 2.18. The number of carboxylic acid groups (broad SMARTS) is 1. The van der Waals surface area contributed by atoms with Crippen LogP contribution >= 0.6 is 7.14 Å². The third kappa shape index (κ3) is 3.68. The molecule has 0 aromatic heterocycles. The molecule has 1 aliphatic rings. The van der Waals surface area contributed by atoms with Crippen LogP contribution in [0.15, 0.2) is 0 Å². The SMILES string of the molecule is CP(C)(=O)CN1CCN(C(=O)O)CC1. The second-order valence-electron chi connectivity index (χ2n) is 4.10. The molecule has 1 N–H and O–H groups in total. The average molecular weight is 220 g/mol. The summed E-state index contributed by atoms with van der Waals surface area (Å²) in [6.07, 6.45) is -0.263. The number of rotatable bonds is 2. The lowest BCUT2D eigenvalue weighted by molar-refractivity contribution is 0.112. The number of amides is 1. The fourth-order valence-corrected chi connectivity index (χ4v) is 2.81. The van der Waals surface area contributed by atoms with Gasteiger partial charge in [-0.1, -0.05) is 0 Å². The monoisotopic (exact) mass is 220 g/mol. The molecule has 0 aliphatic carbocycles. The Morgan fingerprint density at radius 2 is 1.79 bits per heavy atom. The molecule has 82 valence electrons. The summed E-state index contributed by atoms with van der Waals surface area (Å²) in [4.78, 5) is 14.1. The molecule has 0 atom stereocenters. The van der Waals surface area contributed by atoms with Crippen molar-refractivity contribution in [1.82, 2.24) is 9.80 Å². The first-order chi connectivity index (χ1) is 6.38. The van der Waals surface area contributed by atoms with Gasteiger partial charge in [0, 0.05) is 26.2 Å². The van der Waals surface area contributed by atoms with Gasteiger partial charge in [-0.25, -0.2) is 4.79 Å². The second kappa shape index (κ2) is 4.32. The predicted octanol–water partition coefficient (Wildman–Crippen LogP) is 0.862. The fraction of sp³-hybridized carbons (Fsp3) is 0.875. The Kier molecular flexibility index (Phi) is 3.56. The molecule has 0 radical (unpaired) electrons. The van der Waals surface area contributed by atoms with Gasteiger partial charge in [-0.3, -0.25) is 4.90 Å². The van der Waals surface area contributed by atoms with E-state index in [4.69, 9.17) is 5.11 Å². The van der Waals surface area contributed by atoms with Crippen molar-refractivity contribution >= 4 is 13.2 Å². The minimum atomic E-state index is -2.02. The molecule has 14 heavy (non-hydrogen) atoms. The van der Waals surface area contributed by atoms with Gasteiger partial charge in [0.1, 0.15) is 0 Å². The lowest BCUT2D eigenvalue weighted by atomic mass is 10.3. The van der Waals surface area contributed by atoms with E-state index >= 15 is 0 Å². The highest BCUT2D eigenvalue weighted by Crippen LogP contribution is 2.36. The second-order valence-corrected chi connectivity index (χ2v) is 7.53. The maximum Gasteiger partial charge on any atom is 0.407 e. The summed E-state index contributed by atoms with van der Waals surface area (Å²) in [5.74, 6) is 0. The number of carbonyl (C=O) groups is 1.